The molecule has 1 saturated heterocycles. The largest absolute Gasteiger partial charge is 0.311 e. The lowest BCUT2D eigenvalue weighted by Crippen LogP contribution is -2.51. The highest BCUT2D eigenvalue weighted by molar-refractivity contribution is 5.98. The second-order valence-electron chi connectivity index (χ2n) is 5.56. The Labute approximate surface area is 112 Å². The zero-order valence-electron chi connectivity index (χ0n) is 11.2. The van der Waals surface area contributed by atoms with Crippen LogP contribution in [0, 0.1) is 12.7 Å². The molecule has 3 nitrogen and oxygen atoms in total. The van der Waals surface area contributed by atoms with Crippen LogP contribution in [-0.4, -0.2) is 24.5 Å². The minimum absolute atomic E-state index is 0.0846. The summed E-state index contributed by atoms with van der Waals surface area (Å²) >= 11 is 0. The van der Waals surface area contributed by atoms with Crippen molar-refractivity contribution >= 4 is 11.6 Å². The van der Waals surface area contributed by atoms with Crippen molar-refractivity contribution in [1.82, 2.24) is 5.32 Å². The summed E-state index contributed by atoms with van der Waals surface area (Å²) in [5, 5.41) is 3.38. The van der Waals surface area contributed by atoms with E-state index in [1.54, 1.807) is 17.9 Å². The first-order chi connectivity index (χ1) is 9.15. The highest BCUT2D eigenvalue weighted by atomic mass is 19.1. The number of hydrogen-bond donors (Lipinski definition) is 1. The van der Waals surface area contributed by atoms with Crippen LogP contribution in [0.1, 0.15) is 31.2 Å². The molecule has 1 atom stereocenters. The number of amides is 1. The highest BCUT2D eigenvalue weighted by Gasteiger charge is 2.33. The Hall–Kier alpha value is -1.42. The Morgan fingerprint density at radius 3 is 2.79 bits per heavy atom. The number of benzene rings is 1. The summed E-state index contributed by atoms with van der Waals surface area (Å²) in [7, 11) is 0. The Balaban J connectivity index is 1.78. The summed E-state index contributed by atoms with van der Waals surface area (Å²) in [4.78, 5) is 14.1. The van der Waals surface area contributed by atoms with Crippen LogP contribution in [0.2, 0.25) is 0 Å². The molecular weight excluding hydrogens is 243 g/mol. The van der Waals surface area contributed by atoms with Crippen molar-refractivity contribution in [2.24, 2.45) is 0 Å². The third-order valence-corrected chi connectivity index (χ3v) is 3.92. The number of hydrogen-bond acceptors (Lipinski definition) is 2. The molecule has 3 rings (SSSR count). The van der Waals surface area contributed by atoms with Crippen LogP contribution in [0.3, 0.4) is 0 Å². The number of anilines is 1. The van der Waals surface area contributed by atoms with Gasteiger partial charge in [-0.3, -0.25) is 4.79 Å². The molecule has 0 aromatic heterocycles. The third kappa shape index (κ3) is 2.63. The van der Waals surface area contributed by atoms with Crippen molar-refractivity contribution < 1.29 is 9.18 Å². The van der Waals surface area contributed by atoms with Gasteiger partial charge in [-0.25, -0.2) is 4.39 Å². The van der Waals surface area contributed by atoms with E-state index in [1.165, 1.54) is 18.9 Å². The van der Waals surface area contributed by atoms with Crippen LogP contribution in [0.5, 0.6) is 0 Å². The fourth-order valence-electron chi connectivity index (χ4n) is 2.57. The van der Waals surface area contributed by atoms with E-state index >= 15 is 0 Å². The van der Waals surface area contributed by atoms with E-state index in [0.29, 0.717) is 23.8 Å². The Morgan fingerprint density at radius 1 is 1.32 bits per heavy atom. The molecule has 19 heavy (non-hydrogen) atoms. The van der Waals surface area contributed by atoms with Crippen LogP contribution >= 0.6 is 0 Å². The summed E-state index contributed by atoms with van der Waals surface area (Å²) in [5.74, 6) is -0.163. The van der Waals surface area contributed by atoms with Gasteiger partial charge in [0.15, 0.2) is 0 Å². The van der Waals surface area contributed by atoms with Crippen LogP contribution in [-0.2, 0) is 4.79 Å². The lowest BCUT2D eigenvalue weighted by atomic mass is 10.0. The second-order valence-corrected chi connectivity index (χ2v) is 5.56. The number of nitrogens with one attached hydrogen (secondary N) is 1. The molecule has 1 aliphatic heterocycles. The molecule has 0 spiro atoms. The van der Waals surface area contributed by atoms with Crippen molar-refractivity contribution in [2.45, 2.75) is 44.7 Å². The minimum Gasteiger partial charge on any atom is -0.311 e. The normalized spacial score (nSPS) is 23.8. The predicted octanol–water partition coefficient (Wildman–Crippen LogP) is 2.38. The molecule has 0 radical (unpaired) electrons. The van der Waals surface area contributed by atoms with Gasteiger partial charge in [0.05, 0.1) is 6.04 Å². The maximum Gasteiger partial charge on any atom is 0.244 e. The maximum absolute atomic E-state index is 13.6. The van der Waals surface area contributed by atoms with Gasteiger partial charge >= 0.3 is 0 Å². The number of carbonyl (C=O) groups excluding carboxylic acids is 1. The van der Waals surface area contributed by atoms with Crippen LogP contribution in [0.15, 0.2) is 18.2 Å². The van der Waals surface area contributed by atoms with Crippen LogP contribution < -0.4 is 10.2 Å². The summed E-state index contributed by atoms with van der Waals surface area (Å²) in [6.07, 6.45) is 4.19. The van der Waals surface area contributed by atoms with Gasteiger partial charge < -0.3 is 10.2 Å². The average molecular weight is 262 g/mol. The zero-order valence-corrected chi connectivity index (χ0v) is 11.2. The molecule has 1 aromatic carbocycles. The molecule has 1 aromatic rings. The van der Waals surface area contributed by atoms with Crippen molar-refractivity contribution in [3.63, 3.8) is 0 Å². The van der Waals surface area contributed by atoms with E-state index in [0.717, 1.165) is 12.8 Å². The van der Waals surface area contributed by atoms with Crippen molar-refractivity contribution in [3.8, 4) is 0 Å². The van der Waals surface area contributed by atoms with Crippen molar-refractivity contribution in [2.75, 3.05) is 11.4 Å². The van der Waals surface area contributed by atoms with E-state index in [-0.39, 0.29) is 17.8 Å². The van der Waals surface area contributed by atoms with Gasteiger partial charge in [-0.1, -0.05) is 6.07 Å². The second kappa shape index (κ2) is 4.93. The Bertz CT molecular complexity index is 499. The number of carbonyl (C=O) groups is 1. The topological polar surface area (TPSA) is 32.3 Å². The fraction of sp³-hybridized carbons (Fsp3) is 0.533. The predicted molar refractivity (Wildman–Crippen MR) is 72.7 cm³/mol. The van der Waals surface area contributed by atoms with Gasteiger partial charge in [-0.15, -0.1) is 0 Å². The van der Waals surface area contributed by atoms with Gasteiger partial charge in [0.2, 0.25) is 5.91 Å². The molecule has 102 valence electrons. The van der Waals surface area contributed by atoms with Gasteiger partial charge in [0.1, 0.15) is 5.82 Å². The first-order valence-electron chi connectivity index (χ1n) is 6.99. The molecule has 4 heteroatoms. The monoisotopic (exact) mass is 262 g/mol. The molecular formula is C15H19FN2O. The number of nitrogens with zero attached hydrogens (tertiary/aromatic N) is 1. The van der Waals surface area contributed by atoms with E-state index in [1.807, 2.05) is 6.07 Å². The number of piperidine rings is 1. The van der Waals surface area contributed by atoms with Gasteiger partial charge in [-0.2, -0.15) is 0 Å². The maximum atomic E-state index is 13.6. The minimum atomic E-state index is -0.248. The van der Waals surface area contributed by atoms with Crippen LogP contribution in [0.25, 0.3) is 0 Å². The van der Waals surface area contributed by atoms with Gasteiger partial charge in [0, 0.05) is 18.3 Å². The lowest BCUT2D eigenvalue weighted by molar-refractivity contribution is -0.121. The smallest absolute Gasteiger partial charge is 0.244 e. The Morgan fingerprint density at radius 2 is 2.11 bits per heavy atom. The SMILES string of the molecule is Cc1ccc(N2CCCC(NC3CC3)C2=O)cc1F. The number of halogens is 1. The van der Waals surface area contributed by atoms with E-state index in [4.69, 9.17) is 0 Å². The molecule has 0 bridgehead atoms. The summed E-state index contributed by atoms with van der Waals surface area (Å²) in [6.45, 7) is 2.42. The number of rotatable bonds is 3. The highest BCUT2D eigenvalue weighted by Crippen LogP contribution is 2.26. The molecule has 2 fully saturated rings. The summed E-state index contributed by atoms with van der Waals surface area (Å²) in [5.41, 5.74) is 1.29. The van der Waals surface area contributed by atoms with E-state index in [2.05, 4.69) is 5.32 Å². The van der Waals surface area contributed by atoms with Crippen molar-refractivity contribution in [3.05, 3.63) is 29.6 Å². The molecule has 1 unspecified atom stereocenters. The first kappa shape index (κ1) is 12.6. The van der Waals surface area contributed by atoms with E-state index in [9.17, 15) is 9.18 Å². The zero-order chi connectivity index (χ0) is 13.4. The quantitative estimate of drug-likeness (QED) is 0.907. The van der Waals surface area contributed by atoms with Gasteiger partial charge in [0.25, 0.3) is 0 Å². The lowest BCUT2D eigenvalue weighted by Gasteiger charge is -2.33. The summed E-state index contributed by atoms with van der Waals surface area (Å²) < 4.78 is 13.6. The average Bonchev–Trinajstić information content (AvgIpc) is 3.20. The van der Waals surface area contributed by atoms with E-state index < -0.39 is 0 Å². The standard InChI is InChI=1S/C15H19FN2O/c1-10-4-7-12(9-13(10)16)18-8-2-3-14(15(18)19)17-11-5-6-11/h4,7,9,11,14,17H,2-3,5-6,8H2,1H3. The number of aryl methyl sites for hydroxylation is 1. The molecule has 1 aliphatic carbocycles. The fourth-order valence-corrected chi connectivity index (χ4v) is 2.57. The van der Waals surface area contributed by atoms with Gasteiger partial charge in [-0.05, 0) is 50.3 Å². The summed E-state index contributed by atoms with van der Waals surface area (Å²) in [6, 6.07) is 5.45. The molecule has 1 heterocycles. The first-order valence-corrected chi connectivity index (χ1v) is 6.99. The van der Waals surface area contributed by atoms with Crippen LogP contribution in [0.4, 0.5) is 10.1 Å². The molecule has 2 aliphatic rings. The Kier molecular flexibility index (Phi) is 3.27. The molecule has 1 amide bonds. The van der Waals surface area contributed by atoms with Crippen molar-refractivity contribution in [1.29, 1.82) is 0 Å². The third-order valence-electron chi connectivity index (χ3n) is 3.92. The molecule has 1 saturated carbocycles. The molecule has 1 N–H and O–H groups in total.